The summed E-state index contributed by atoms with van der Waals surface area (Å²) >= 11 is 5.83. The molecule has 1 saturated heterocycles. The van der Waals surface area contributed by atoms with Crippen LogP contribution in [0.3, 0.4) is 0 Å². The van der Waals surface area contributed by atoms with Gasteiger partial charge < -0.3 is 10.2 Å². The Morgan fingerprint density at radius 1 is 1.28 bits per heavy atom. The summed E-state index contributed by atoms with van der Waals surface area (Å²) in [6.07, 6.45) is 2.66. The summed E-state index contributed by atoms with van der Waals surface area (Å²) in [7, 11) is -3.99. The van der Waals surface area contributed by atoms with E-state index in [1.807, 2.05) is 0 Å². The second-order valence-corrected chi connectivity index (χ2v) is 12.4. The number of nitrogens with zero attached hydrogens (tertiary/aromatic N) is 4. The molecule has 5 rings (SSSR count). The normalized spacial score (nSPS) is 23.6. The average molecular weight is 532 g/mol. The summed E-state index contributed by atoms with van der Waals surface area (Å²) in [5, 5.41) is 10.9. The van der Waals surface area contributed by atoms with Crippen LogP contribution >= 0.6 is 11.6 Å². The maximum absolute atomic E-state index is 14.8. The van der Waals surface area contributed by atoms with Crippen molar-refractivity contribution in [3.05, 3.63) is 52.7 Å². The van der Waals surface area contributed by atoms with Gasteiger partial charge in [-0.15, -0.1) is 0 Å². The number of hydrogen-bond donors (Lipinski definition) is 1. The molecule has 2 atom stereocenters. The standard InChI is InChI=1S/C24H23ClFN5O4S/c1-14-3-2-4-19(29-14)36(34,35)16-10-18(21(32)30-23(13-27)5-6-23)31(12-16)22(33)24(7-8-24)20-17(26)9-15(25)11-28-20/h2-4,9,11,16,18H,5-8,10,12H2,1H3,(H,30,32). The van der Waals surface area contributed by atoms with Crippen molar-refractivity contribution in [2.24, 2.45) is 0 Å². The van der Waals surface area contributed by atoms with E-state index in [1.165, 1.54) is 17.2 Å². The van der Waals surface area contributed by atoms with Gasteiger partial charge in [0.2, 0.25) is 11.8 Å². The van der Waals surface area contributed by atoms with E-state index in [2.05, 4.69) is 21.4 Å². The molecule has 2 aromatic heterocycles. The molecule has 188 valence electrons. The molecule has 0 bridgehead atoms. The number of nitriles is 1. The first-order valence-electron chi connectivity index (χ1n) is 11.5. The van der Waals surface area contributed by atoms with Crippen molar-refractivity contribution in [3.63, 3.8) is 0 Å². The number of likely N-dealkylation sites (tertiary alicyclic amines) is 1. The number of aryl methyl sites for hydroxylation is 1. The van der Waals surface area contributed by atoms with Crippen molar-refractivity contribution in [3.8, 4) is 6.07 Å². The smallest absolute Gasteiger partial charge is 0.244 e. The molecule has 0 radical (unpaired) electrons. The van der Waals surface area contributed by atoms with Crippen molar-refractivity contribution in [1.29, 1.82) is 5.26 Å². The van der Waals surface area contributed by atoms with Crippen molar-refractivity contribution in [2.75, 3.05) is 6.54 Å². The quantitative estimate of drug-likeness (QED) is 0.604. The first-order chi connectivity index (χ1) is 17.0. The van der Waals surface area contributed by atoms with Crippen molar-refractivity contribution in [2.45, 2.75) is 66.3 Å². The fourth-order valence-corrected chi connectivity index (χ4v) is 6.59. The van der Waals surface area contributed by atoms with Crippen LogP contribution in [-0.2, 0) is 24.8 Å². The van der Waals surface area contributed by atoms with Gasteiger partial charge in [-0.05, 0) is 57.2 Å². The van der Waals surface area contributed by atoms with Crippen LogP contribution < -0.4 is 5.32 Å². The Kier molecular flexibility index (Phi) is 5.80. The van der Waals surface area contributed by atoms with E-state index in [0.29, 0.717) is 31.4 Å². The molecule has 1 aliphatic heterocycles. The number of rotatable bonds is 6. The van der Waals surface area contributed by atoms with Gasteiger partial charge in [-0.1, -0.05) is 17.7 Å². The third-order valence-corrected chi connectivity index (χ3v) is 9.40. The monoisotopic (exact) mass is 531 g/mol. The van der Waals surface area contributed by atoms with Crippen LogP contribution in [0.15, 0.2) is 35.5 Å². The maximum atomic E-state index is 14.8. The molecule has 9 nitrogen and oxygen atoms in total. The van der Waals surface area contributed by atoms with E-state index in [4.69, 9.17) is 11.6 Å². The number of carbonyl (C=O) groups is 2. The molecule has 2 unspecified atom stereocenters. The Hall–Kier alpha value is -3.10. The highest BCUT2D eigenvalue weighted by molar-refractivity contribution is 7.92. The SMILES string of the molecule is Cc1cccc(S(=O)(=O)C2CC(C(=O)NC3(C#N)CC3)N(C(=O)C3(c4ncc(Cl)cc4F)CC3)C2)n1. The molecule has 0 aromatic carbocycles. The summed E-state index contributed by atoms with van der Waals surface area (Å²) in [5.41, 5.74) is -1.84. The van der Waals surface area contributed by atoms with Crippen LogP contribution in [0.4, 0.5) is 4.39 Å². The third-order valence-electron chi connectivity index (χ3n) is 7.17. The van der Waals surface area contributed by atoms with Gasteiger partial charge in [-0.25, -0.2) is 17.8 Å². The summed E-state index contributed by atoms with van der Waals surface area (Å²) in [5.74, 6) is -1.89. The molecule has 2 saturated carbocycles. The van der Waals surface area contributed by atoms with E-state index in [0.717, 1.165) is 6.07 Å². The Morgan fingerprint density at radius 2 is 2.00 bits per heavy atom. The average Bonchev–Trinajstić information content (AvgIpc) is 3.75. The van der Waals surface area contributed by atoms with E-state index in [1.54, 1.807) is 19.1 Å². The topological polar surface area (TPSA) is 133 Å². The van der Waals surface area contributed by atoms with Crippen LogP contribution in [0.5, 0.6) is 0 Å². The molecule has 2 aliphatic carbocycles. The molecule has 36 heavy (non-hydrogen) atoms. The van der Waals surface area contributed by atoms with Gasteiger partial charge in [-0.2, -0.15) is 5.26 Å². The highest BCUT2D eigenvalue weighted by Crippen LogP contribution is 2.51. The number of pyridine rings is 2. The molecule has 3 fully saturated rings. The summed E-state index contributed by atoms with van der Waals surface area (Å²) in [6.45, 7) is 1.41. The van der Waals surface area contributed by atoms with Gasteiger partial charge in [0.25, 0.3) is 0 Å². The largest absolute Gasteiger partial charge is 0.336 e. The molecular weight excluding hydrogens is 509 g/mol. The predicted octanol–water partition coefficient (Wildman–Crippen LogP) is 2.22. The minimum Gasteiger partial charge on any atom is -0.336 e. The van der Waals surface area contributed by atoms with Crippen LogP contribution in [0.1, 0.15) is 43.5 Å². The van der Waals surface area contributed by atoms with E-state index in [9.17, 15) is 27.7 Å². The lowest BCUT2D eigenvalue weighted by molar-refractivity contribution is -0.140. The minimum absolute atomic E-state index is 0.0709. The number of sulfone groups is 1. The third kappa shape index (κ3) is 4.12. The van der Waals surface area contributed by atoms with Crippen molar-refractivity contribution >= 4 is 33.3 Å². The molecule has 3 aliphatic rings. The number of aromatic nitrogens is 2. The Labute approximate surface area is 212 Å². The van der Waals surface area contributed by atoms with Crippen LogP contribution in [0.2, 0.25) is 5.02 Å². The zero-order valence-corrected chi connectivity index (χ0v) is 20.9. The highest BCUT2D eigenvalue weighted by Gasteiger charge is 2.60. The number of halogens is 2. The molecule has 2 aromatic rings. The first kappa shape index (κ1) is 24.6. The van der Waals surface area contributed by atoms with Gasteiger partial charge in [0.1, 0.15) is 17.4 Å². The highest BCUT2D eigenvalue weighted by atomic mass is 35.5. The van der Waals surface area contributed by atoms with E-state index in [-0.39, 0.29) is 28.7 Å². The second kappa shape index (κ2) is 8.49. The zero-order valence-electron chi connectivity index (χ0n) is 19.4. The van der Waals surface area contributed by atoms with E-state index < -0.39 is 49.7 Å². The van der Waals surface area contributed by atoms with Gasteiger partial charge in [0, 0.05) is 18.4 Å². The van der Waals surface area contributed by atoms with Gasteiger partial charge in [-0.3, -0.25) is 14.6 Å². The summed E-state index contributed by atoms with van der Waals surface area (Å²) in [4.78, 5) is 36.5. The summed E-state index contributed by atoms with van der Waals surface area (Å²) < 4.78 is 41.6. The minimum atomic E-state index is -3.99. The number of hydrogen-bond acceptors (Lipinski definition) is 7. The lowest BCUT2D eigenvalue weighted by atomic mass is 9.98. The molecule has 1 N–H and O–H groups in total. The van der Waals surface area contributed by atoms with Crippen LogP contribution in [0, 0.1) is 24.1 Å². The second-order valence-electron chi connectivity index (χ2n) is 9.74. The Bertz CT molecular complexity index is 1420. The lowest BCUT2D eigenvalue weighted by Crippen LogP contribution is -2.52. The first-order valence-corrected chi connectivity index (χ1v) is 13.5. The van der Waals surface area contributed by atoms with Gasteiger partial charge in [0.15, 0.2) is 14.9 Å². The van der Waals surface area contributed by atoms with E-state index >= 15 is 0 Å². The molecule has 3 heterocycles. The Balaban J connectivity index is 1.49. The summed E-state index contributed by atoms with van der Waals surface area (Å²) in [6, 6.07) is 6.63. The predicted molar refractivity (Wildman–Crippen MR) is 126 cm³/mol. The fraction of sp³-hybridized carbons (Fsp3) is 0.458. The van der Waals surface area contributed by atoms with Crippen LogP contribution in [0.25, 0.3) is 0 Å². The maximum Gasteiger partial charge on any atom is 0.244 e. The molecule has 2 amide bonds. The number of nitrogens with one attached hydrogen (secondary N) is 1. The Morgan fingerprint density at radius 3 is 2.58 bits per heavy atom. The zero-order chi connectivity index (χ0) is 25.9. The molecule has 12 heteroatoms. The van der Waals surface area contributed by atoms with Gasteiger partial charge in [0.05, 0.1) is 27.5 Å². The fourth-order valence-electron chi connectivity index (χ4n) is 4.77. The number of carbonyl (C=O) groups excluding carboxylic acids is 2. The number of amides is 2. The molecular formula is C24H23ClFN5O4S. The van der Waals surface area contributed by atoms with Crippen molar-refractivity contribution in [1.82, 2.24) is 20.2 Å². The van der Waals surface area contributed by atoms with Gasteiger partial charge >= 0.3 is 0 Å². The van der Waals surface area contributed by atoms with Crippen LogP contribution in [-0.4, -0.2) is 58.5 Å². The lowest BCUT2D eigenvalue weighted by Gasteiger charge is -2.28. The van der Waals surface area contributed by atoms with Crippen molar-refractivity contribution < 1.29 is 22.4 Å². The molecule has 0 spiro atoms.